The van der Waals surface area contributed by atoms with Gasteiger partial charge in [-0.05, 0) is 42.0 Å². The number of anilines is 1. The van der Waals surface area contributed by atoms with Crippen molar-refractivity contribution in [3.8, 4) is 11.3 Å². The van der Waals surface area contributed by atoms with Gasteiger partial charge in [0.2, 0.25) is 0 Å². The van der Waals surface area contributed by atoms with Crippen molar-refractivity contribution >= 4 is 11.8 Å². The van der Waals surface area contributed by atoms with Crippen LogP contribution in [0, 0.1) is 11.8 Å². The zero-order chi connectivity index (χ0) is 21.0. The number of rotatable bonds is 8. The number of aromatic amines is 1. The zero-order valence-corrected chi connectivity index (χ0v) is 16.6. The lowest BCUT2D eigenvalue weighted by atomic mass is 9.75. The van der Waals surface area contributed by atoms with Crippen molar-refractivity contribution in [1.82, 2.24) is 30.6 Å². The van der Waals surface area contributed by atoms with Crippen molar-refractivity contribution < 1.29 is 9.90 Å². The molecule has 0 aliphatic carbocycles. The maximum atomic E-state index is 12.1. The SMILES string of the molecule is CC(C)CC(C(=O)O)C(c1nn[nH]n1)C(C)c1ccc(-c2ccc(N)nc2)nc1. The van der Waals surface area contributed by atoms with Gasteiger partial charge in [0.25, 0.3) is 0 Å². The standard InChI is InChI=1S/C20H25N7O2/c1-11(2)8-15(20(28)29)18(19-24-26-27-25-19)12(3)13-4-6-16(22-9-13)14-5-7-17(21)23-10-14/h4-7,9-12,15,18H,8H2,1-3H3,(H2,21,23)(H,28,29)(H,24,25,26,27). The Bertz CT molecular complexity index is 924. The fraction of sp³-hybridized carbons (Fsp3) is 0.400. The molecule has 3 rings (SSSR count). The van der Waals surface area contributed by atoms with E-state index in [1.807, 2.05) is 39.0 Å². The lowest BCUT2D eigenvalue weighted by Gasteiger charge is -2.28. The summed E-state index contributed by atoms with van der Waals surface area (Å²) < 4.78 is 0. The molecule has 0 bridgehead atoms. The van der Waals surface area contributed by atoms with E-state index in [1.165, 1.54) is 0 Å². The van der Waals surface area contributed by atoms with Gasteiger partial charge < -0.3 is 10.8 Å². The van der Waals surface area contributed by atoms with Gasteiger partial charge in [-0.1, -0.05) is 32.1 Å². The summed E-state index contributed by atoms with van der Waals surface area (Å²) in [6, 6.07) is 7.43. The van der Waals surface area contributed by atoms with Gasteiger partial charge in [0.05, 0.1) is 11.6 Å². The number of nitrogens with two attached hydrogens (primary N) is 1. The van der Waals surface area contributed by atoms with Crippen molar-refractivity contribution in [1.29, 1.82) is 0 Å². The minimum atomic E-state index is -0.863. The molecule has 0 fully saturated rings. The molecule has 3 aromatic heterocycles. The summed E-state index contributed by atoms with van der Waals surface area (Å²) in [7, 11) is 0. The number of nitrogen functional groups attached to an aromatic ring is 1. The van der Waals surface area contributed by atoms with Crippen LogP contribution in [-0.2, 0) is 4.79 Å². The summed E-state index contributed by atoms with van der Waals surface area (Å²) >= 11 is 0. The smallest absolute Gasteiger partial charge is 0.307 e. The van der Waals surface area contributed by atoms with Crippen molar-refractivity contribution in [2.75, 3.05) is 5.73 Å². The molecule has 0 spiro atoms. The second-order valence-electron chi connectivity index (χ2n) is 7.61. The van der Waals surface area contributed by atoms with E-state index in [9.17, 15) is 9.90 Å². The first-order chi connectivity index (χ1) is 13.9. The van der Waals surface area contributed by atoms with Gasteiger partial charge in [0, 0.05) is 23.9 Å². The summed E-state index contributed by atoms with van der Waals surface area (Å²) in [5.74, 6) is -1.03. The molecule has 3 aromatic rings. The van der Waals surface area contributed by atoms with Crippen LogP contribution in [0.2, 0.25) is 0 Å². The average molecular weight is 395 g/mol. The fourth-order valence-electron chi connectivity index (χ4n) is 3.58. The van der Waals surface area contributed by atoms with E-state index in [2.05, 4.69) is 30.6 Å². The van der Waals surface area contributed by atoms with E-state index in [0.29, 0.717) is 18.1 Å². The quantitative estimate of drug-likeness (QED) is 0.528. The van der Waals surface area contributed by atoms with Gasteiger partial charge in [0.1, 0.15) is 5.82 Å². The van der Waals surface area contributed by atoms with Crippen molar-refractivity contribution in [2.45, 2.75) is 39.0 Å². The fourth-order valence-corrected chi connectivity index (χ4v) is 3.58. The average Bonchev–Trinajstić information content (AvgIpc) is 3.22. The van der Waals surface area contributed by atoms with E-state index in [1.54, 1.807) is 18.5 Å². The first-order valence-electron chi connectivity index (χ1n) is 9.50. The van der Waals surface area contributed by atoms with Crippen LogP contribution in [0.3, 0.4) is 0 Å². The number of aliphatic carboxylic acids is 1. The van der Waals surface area contributed by atoms with Gasteiger partial charge in [0.15, 0.2) is 5.82 Å². The van der Waals surface area contributed by atoms with E-state index >= 15 is 0 Å². The molecule has 0 amide bonds. The third-order valence-electron chi connectivity index (χ3n) is 5.07. The Hall–Kier alpha value is -3.36. The molecule has 0 aliphatic rings. The Morgan fingerprint density at radius 2 is 1.93 bits per heavy atom. The van der Waals surface area contributed by atoms with E-state index in [4.69, 9.17) is 5.73 Å². The van der Waals surface area contributed by atoms with Crippen LogP contribution in [-0.4, -0.2) is 41.7 Å². The maximum absolute atomic E-state index is 12.1. The van der Waals surface area contributed by atoms with Crippen LogP contribution in [0.4, 0.5) is 5.82 Å². The molecule has 3 unspecified atom stereocenters. The first-order valence-corrected chi connectivity index (χ1v) is 9.50. The molecular formula is C20H25N7O2. The van der Waals surface area contributed by atoms with Crippen LogP contribution >= 0.6 is 0 Å². The number of aromatic nitrogens is 6. The number of hydrogen-bond acceptors (Lipinski definition) is 7. The topological polar surface area (TPSA) is 144 Å². The molecule has 0 saturated heterocycles. The molecule has 0 aromatic carbocycles. The number of pyridine rings is 2. The molecule has 152 valence electrons. The monoisotopic (exact) mass is 395 g/mol. The van der Waals surface area contributed by atoms with E-state index < -0.39 is 17.8 Å². The Morgan fingerprint density at radius 1 is 1.14 bits per heavy atom. The second-order valence-corrected chi connectivity index (χ2v) is 7.61. The van der Waals surface area contributed by atoms with Gasteiger partial charge >= 0.3 is 5.97 Å². The number of carboxylic acids is 1. The molecule has 4 N–H and O–H groups in total. The Morgan fingerprint density at radius 3 is 2.45 bits per heavy atom. The van der Waals surface area contributed by atoms with Crippen molar-refractivity contribution in [3.05, 3.63) is 48.0 Å². The molecule has 29 heavy (non-hydrogen) atoms. The van der Waals surface area contributed by atoms with Gasteiger partial charge in [-0.15, -0.1) is 10.2 Å². The van der Waals surface area contributed by atoms with Crippen molar-refractivity contribution in [3.63, 3.8) is 0 Å². The zero-order valence-electron chi connectivity index (χ0n) is 16.6. The van der Waals surface area contributed by atoms with E-state index in [-0.39, 0.29) is 11.8 Å². The van der Waals surface area contributed by atoms with Gasteiger partial charge in [-0.2, -0.15) is 5.21 Å². The van der Waals surface area contributed by atoms with Gasteiger partial charge in [-0.3, -0.25) is 9.78 Å². The predicted octanol–water partition coefficient (Wildman–Crippen LogP) is 2.87. The third kappa shape index (κ3) is 4.74. The second kappa shape index (κ2) is 8.76. The van der Waals surface area contributed by atoms with E-state index in [0.717, 1.165) is 16.8 Å². The molecular weight excluding hydrogens is 370 g/mol. The number of carbonyl (C=O) groups is 1. The Kier molecular flexibility index (Phi) is 6.16. The molecule has 0 saturated carbocycles. The minimum absolute atomic E-state index is 0.168. The summed E-state index contributed by atoms with van der Waals surface area (Å²) in [6.45, 7) is 5.98. The molecule has 0 aliphatic heterocycles. The van der Waals surface area contributed by atoms with Gasteiger partial charge in [-0.25, -0.2) is 4.98 Å². The Labute approximate surface area is 168 Å². The van der Waals surface area contributed by atoms with Crippen molar-refractivity contribution in [2.24, 2.45) is 11.8 Å². The number of nitrogens with zero attached hydrogens (tertiary/aromatic N) is 5. The lowest BCUT2D eigenvalue weighted by molar-refractivity contribution is -0.143. The normalized spacial score (nSPS) is 14.5. The summed E-state index contributed by atoms with van der Waals surface area (Å²) in [5, 5.41) is 24.2. The number of hydrogen-bond donors (Lipinski definition) is 3. The number of H-pyrrole nitrogens is 1. The summed E-state index contributed by atoms with van der Waals surface area (Å²) in [4.78, 5) is 20.7. The van der Waals surface area contributed by atoms with Crippen LogP contribution < -0.4 is 5.73 Å². The molecule has 3 heterocycles. The highest BCUT2D eigenvalue weighted by Crippen LogP contribution is 2.39. The summed E-state index contributed by atoms with van der Waals surface area (Å²) in [5.41, 5.74) is 8.16. The number of nitrogens with one attached hydrogen (secondary N) is 1. The third-order valence-corrected chi connectivity index (χ3v) is 5.07. The highest BCUT2D eigenvalue weighted by Gasteiger charge is 2.37. The molecule has 0 radical (unpaired) electrons. The summed E-state index contributed by atoms with van der Waals surface area (Å²) in [6.07, 6.45) is 3.95. The highest BCUT2D eigenvalue weighted by molar-refractivity contribution is 5.71. The maximum Gasteiger partial charge on any atom is 0.307 e. The van der Waals surface area contributed by atoms with Crippen LogP contribution in [0.15, 0.2) is 36.7 Å². The largest absolute Gasteiger partial charge is 0.481 e. The molecule has 3 atom stereocenters. The predicted molar refractivity (Wildman–Crippen MR) is 108 cm³/mol. The minimum Gasteiger partial charge on any atom is -0.481 e. The number of carboxylic acid groups (broad SMARTS) is 1. The molecule has 9 nitrogen and oxygen atoms in total. The van der Waals surface area contributed by atoms with Crippen LogP contribution in [0.1, 0.15) is 50.4 Å². The lowest BCUT2D eigenvalue weighted by Crippen LogP contribution is -2.28. The number of tetrazole rings is 1. The van der Waals surface area contributed by atoms with Crippen LogP contribution in [0.5, 0.6) is 0 Å². The highest BCUT2D eigenvalue weighted by atomic mass is 16.4. The first kappa shape index (κ1) is 20.4. The van der Waals surface area contributed by atoms with Crippen LogP contribution in [0.25, 0.3) is 11.3 Å². The molecule has 9 heteroatoms. The Balaban J connectivity index is 1.92.